The first-order valence-corrected chi connectivity index (χ1v) is 24.9. The summed E-state index contributed by atoms with van der Waals surface area (Å²) in [6.07, 6.45) is 13.9. The van der Waals surface area contributed by atoms with E-state index in [-0.39, 0.29) is 60.1 Å². The van der Waals surface area contributed by atoms with Crippen LogP contribution in [-0.2, 0) is 28.8 Å². The largest absolute Gasteiger partial charge is 0.478 e. The molecule has 19 nitrogen and oxygen atoms in total. The Hall–Kier alpha value is -8.14. The van der Waals surface area contributed by atoms with Crippen molar-refractivity contribution in [1.82, 2.24) is 40.6 Å². The maximum Gasteiger partial charge on any atom is 0.328 e. The first-order chi connectivity index (χ1) is 36.4. The van der Waals surface area contributed by atoms with Crippen molar-refractivity contribution in [2.24, 2.45) is 0 Å². The number of hydrogen-bond donors (Lipinski definition) is 8. The van der Waals surface area contributed by atoms with Gasteiger partial charge in [-0.1, -0.05) is 12.2 Å². The van der Waals surface area contributed by atoms with E-state index < -0.39 is 23.6 Å². The smallest absolute Gasteiger partial charge is 0.328 e. The van der Waals surface area contributed by atoms with Crippen LogP contribution < -0.4 is 26.6 Å². The number of aromatic amines is 2. The van der Waals surface area contributed by atoms with Crippen molar-refractivity contribution in [2.75, 3.05) is 79.1 Å². The Balaban J connectivity index is 0.000000292. The summed E-state index contributed by atoms with van der Waals surface area (Å²) >= 11 is 0. The second-order valence-corrected chi connectivity index (χ2v) is 18.8. The Kier molecular flexibility index (Phi) is 23.3. The summed E-state index contributed by atoms with van der Waals surface area (Å²) in [6.45, 7) is 8.99. The van der Waals surface area contributed by atoms with Gasteiger partial charge in [-0.15, -0.1) is 0 Å². The van der Waals surface area contributed by atoms with Gasteiger partial charge in [-0.05, 0) is 135 Å². The van der Waals surface area contributed by atoms with Gasteiger partial charge in [-0.3, -0.25) is 33.6 Å². The molecule has 0 saturated heterocycles. The zero-order valence-corrected chi connectivity index (χ0v) is 45.2. The number of ketones is 2. The lowest BCUT2D eigenvalue weighted by atomic mass is 10.0. The van der Waals surface area contributed by atoms with Crippen LogP contribution in [0.1, 0.15) is 93.9 Å². The van der Waals surface area contributed by atoms with Gasteiger partial charge >= 0.3 is 5.97 Å². The fourth-order valence-corrected chi connectivity index (χ4v) is 7.65. The number of nitrogens with zero attached hydrogens (tertiary/aromatic N) is 3. The first-order valence-electron chi connectivity index (χ1n) is 24.9. The molecule has 21 heteroatoms. The zero-order chi connectivity index (χ0) is 57.1. The molecule has 2 aromatic heterocycles. The maximum atomic E-state index is 13.7. The topological polar surface area (TPSA) is 258 Å². The quantitative estimate of drug-likeness (QED) is 0.0342. The number of H-pyrrole nitrogens is 2. The van der Waals surface area contributed by atoms with E-state index in [4.69, 9.17) is 5.11 Å². The lowest BCUT2D eigenvalue weighted by molar-refractivity contribution is -0.134. The third-order valence-electron chi connectivity index (χ3n) is 12.5. The number of carboxylic acid groups (broad SMARTS) is 1. The van der Waals surface area contributed by atoms with Crippen molar-refractivity contribution < 1.29 is 52.2 Å². The van der Waals surface area contributed by atoms with E-state index in [0.29, 0.717) is 106 Å². The molecule has 5 amide bonds. The Bertz CT molecular complexity index is 2950. The van der Waals surface area contributed by atoms with Gasteiger partial charge in [0.2, 0.25) is 5.91 Å². The lowest BCUT2D eigenvalue weighted by Crippen LogP contribution is -2.39. The highest BCUT2D eigenvalue weighted by Crippen LogP contribution is 2.35. The van der Waals surface area contributed by atoms with E-state index in [1.54, 1.807) is 78.5 Å². The van der Waals surface area contributed by atoms with E-state index in [2.05, 4.69) is 36.6 Å². The summed E-state index contributed by atoms with van der Waals surface area (Å²) in [7, 11) is 10.9. The number of amides is 5. The fourth-order valence-electron chi connectivity index (χ4n) is 7.65. The third-order valence-corrected chi connectivity index (χ3v) is 12.5. The van der Waals surface area contributed by atoms with Crippen molar-refractivity contribution in [3.63, 3.8) is 0 Å². The monoisotopic (exact) mass is 1060 g/mol. The SMILES string of the molecule is CN(C)C/C=C/C(=O)O.CN[C@@H](C)C(=O)CCCNC(=O)c1c[nH]c(/C=C2\C(=O)Nc3ccc(F)cc32)c1C.Cc1c(C(=O)NCCCC(=O)[C@H](C)N(C)C(=O)/C=C/CN(C)C)c[nH]c1/C=C1\C(=O)Nc2ccc(F)cc21. The van der Waals surface area contributed by atoms with E-state index in [0.717, 1.165) is 6.08 Å². The van der Waals surface area contributed by atoms with Crippen molar-refractivity contribution in [3.8, 4) is 0 Å². The molecule has 6 rings (SSSR count). The Labute approximate surface area is 447 Å². The van der Waals surface area contributed by atoms with Crippen LogP contribution in [0.5, 0.6) is 0 Å². The highest BCUT2D eigenvalue weighted by Gasteiger charge is 2.27. The van der Waals surface area contributed by atoms with E-state index in [1.165, 1.54) is 47.4 Å². The number of Topliss-reactive ketones (excluding diaryl/α,β-unsaturated/α-hetero) is 2. The summed E-state index contributed by atoms with van der Waals surface area (Å²) in [6, 6.07) is 7.43. The normalized spacial score (nSPS) is 14.4. The summed E-state index contributed by atoms with van der Waals surface area (Å²) in [5.41, 5.74) is 6.01. The minimum Gasteiger partial charge on any atom is -0.478 e. The predicted molar refractivity (Wildman–Crippen MR) is 294 cm³/mol. The summed E-state index contributed by atoms with van der Waals surface area (Å²) in [5, 5.41) is 22.0. The molecule has 0 aliphatic carbocycles. The second-order valence-electron chi connectivity index (χ2n) is 18.8. The van der Waals surface area contributed by atoms with Gasteiger partial charge in [0.05, 0.1) is 34.4 Å². The number of carbonyl (C=O) groups is 8. The average Bonchev–Trinajstić information content (AvgIpc) is 4.12. The molecular weight excluding hydrogens is 995 g/mol. The number of aliphatic carboxylic acids is 1. The molecule has 0 unspecified atom stereocenters. The van der Waals surface area contributed by atoms with Gasteiger partial charge in [0.25, 0.3) is 23.6 Å². The number of nitrogens with one attached hydrogen (secondary N) is 7. The van der Waals surface area contributed by atoms with Crippen molar-refractivity contribution in [3.05, 3.63) is 129 Å². The highest BCUT2D eigenvalue weighted by atomic mass is 19.1. The Morgan fingerprint density at radius 3 is 1.51 bits per heavy atom. The van der Waals surface area contributed by atoms with E-state index in [9.17, 15) is 47.1 Å². The van der Waals surface area contributed by atoms with Crippen LogP contribution in [0.3, 0.4) is 0 Å². The van der Waals surface area contributed by atoms with Crippen LogP contribution in [0.25, 0.3) is 23.3 Å². The molecule has 0 radical (unpaired) electrons. The maximum absolute atomic E-state index is 13.7. The van der Waals surface area contributed by atoms with Crippen LogP contribution in [0.2, 0.25) is 0 Å². The number of aromatic nitrogens is 2. The fraction of sp³-hybridized carbons (Fsp3) is 0.357. The van der Waals surface area contributed by atoms with E-state index in [1.807, 2.05) is 38.0 Å². The number of rotatable bonds is 22. The van der Waals surface area contributed by atoms with Gasteiger partial charge < -0.3 is 56.4 Å². The summed E-state index contributed by atoms with van der Waals surface area (Å²) in [4.78, 5) is 108. The molecule has 77 heavy (non-hydrogen) atoms. The number of anilines is 2. The average molecular weight is 1070 g/mol. The van der Waals surface area contributed by atoms with Crippen molar-refractivity contribution in [2.45, 2.75) is 65.5 Å². The molecular formula is C56H70F2N10O9. The lowest BCUT2D eigenvalue weighted by Gasteiger charge is -2.22. The van der Waals surface area contributed by atoms with Crippen LogP contribution in [-0.4, -0.2) is 157 Å². The number of benzene rings is 2. The number of carbonyl (C=O) groups excluding carboxylic acids is 7. The molecule has 8 N–H and O–H groups in total. The number of hydrogen-bond acceptors (Lipinski definition) is 11. The van der Waals surface area contributed by atoms with Crippen LogP contribution >= 0.6 is 0 Å². The molecule has 2 aromatic carbocycles. The second kappa shape index (κ2) is 29.2. The molecule has 0 spiro atoms. The highest BCUT2D eigenvalue weighted by molar-refractivity contribution is 6.35. The Morgan fingerprint density at radius 2 is 1.09 bits per heavy atom. The predicted octanol–water partition coefficient (Wildman–Crippen LogP) is 5.83. The van der Waals surface area contributed by atoms with Crippen LogP contribution in [0.4, 0.5) is 20.2 Å². The zero-order valence-electron chi connectivity index (χ0n) is 45.2. The Morgan fingerprint density at radius 1 is 0.662 bits per heavy atom. The van der Waals surface area contributed by atoms with Gasteiger partial charge in [0.1, 0.15) is 17.4 Å². The molecule has 0 bridgehead atoms. The van der Waals surface area contributed by atoms with Gasteiger partial charge in [-0.2, -0.15) is 0 Å². The number of halogens is 2. The summed E-state index contributed by atoms with van der Waals surface area (Å²) in [5.74, 6) is -3.24. The van der Waals surface area contributed by atoms with Gasteiger partial charge in [0, 0.05) is 105 Å². The number of carboxylic acids is 1. The van der Waals surface area contributed by atoms with Crippen LogP contribution in [0, 0.1) is 25.5 Å². The molecule has 0 saturated carbocycles. The van der Waals surface area contributed by atoms with E-state index >= 15 is 0 Å². The number of fused-ring (bicyclic) bond motifs is 2. The minimum atomic E-state index is -0.892. The molecule has 4 heterocycles. The van der Waals surface area contributed by atoms with Crippen LogP contribution in [0.15, 0.2) is 73.1 Å². The first kappa shape index (κ1) is 61.4. The molecule has 0 fully saturated rings. The minimum absolute atomic E-state index is 0.0885. The van der Waals surface area contributed by atoms with Crippen molar-refractivity contribution >= 4 is 81.7 Å². The number of likely N-dealkylation sites (N-methyl/N-ethyl adjacent to an activating group) is 4. The molecule has 2 atom stereocenters. The third kappa shape index (κ3) is 18.0. The standard InChI is InChI=1S/C28H34FN5O4.C22H25FN4O3.C6H11NO2/c1-17-22(16-31-24(17)15-21-20-14-19(29)10-11-23(20)32-28(21)38)27(37)30-12-6-8-25(35)18(2)34(5)26(36)9-7-13-33(3)4;1-12-17(21(29)25-8-4-5-20(28)13(2)24-3)11-26-19(12)10-16-15-9-14(23)6-7-18(15)27-22(16)30;1-7(2)5-3-4-6(8)9/h7,9-11,14-16,18,31H,6,8,12-13H2,1-5H3,(H,30,37)(H,32,38);6-7,9-11,13,24,26H,4-5,8H2,1-3H3,(H,25,29)(H,27,30);3-4H,5H2,1-2H3,(H,8,9)/b9-7+,21-15-;16-10-;4-3+/t18-;13-;/m00./s1. The van der Waals surface area contributed by atoms with Gasteiger partial charge in [-0.25, -0.2) is 13.6 Å². The molecule has 412 valence electrons. The molecule has 2 aliphatic heterocycles. The molecule has 4 aromatic rings. The van der Waals surface area contributed by atoms with Crippen molar-refractivity contribution in [1.29, 1.82) is 0 Å². The summed E-state index contributed by atoms with van der Waals surface area (Å²) < 4.78 is 27.3. The molecule has 2 aliphatic rings. The van der Waals surface area contributed by atoms with Gasteiger partial charge in [0.15, 0.2) is 5.78 Å².